The van der Waals surface area contributed by atoms with Crippen molar-refractivity contribution >= 4 is 0 Å². The summed E-state index contributed by atoms with van der Waals surface area (Å²) in [5.74, 6) is 0. The van der Waals surface area contributed by atoms with Gasteiger partial charge in [-0.05, 0) is 41.3 Å². The van der Waals surface area contributed by atoms with Crippen LogP contribution in [-0.2, 0) is 4.74 Å². The van der Waals surface area contributed by atoms with Gasteiger partial charge in [0.05, 0.1) is 11.7 Å². The molecule has 0 fully saturated rings. The van der Waals surface area contributed by atoms with Gasteiger partial charge in [0.1, 0.15) is 0 Å². The molecule has 0 aliphatic heterocycles. The summed E-state index contributed by atoms with van der Waals surface area (Å²) in [6.45, 7) is 9.52. The molecule has 0 spiro atoms. The molecule has 0 saturated carbocycles. The fourth-order valence-corrected chi connectivity index (χ4v) is 1.43. The second-order valence-electron chi connectivity index (χ2n) is 4.33. The molecule has 0 N–H and O–H groups in total. The van der Waals surface area contributed by atoms with Crippen molar-refractivity contribution in [3.63, 3.8) is 0 Å². The quantitative estimate of drug-likeness (QED) is 0.631. The lowest BCUT2D eigenvalue weighted by Crippen LogP contribution is -2.39. The molecule has 2 nitrogen and oxygen atoms in total. The number of rotatable bonds is 5. The van der Waals surface area contributed by atoms with Crippen molar-refractivity contribution in [3.05, 3.63) is 0 Å². The minimum atomic E-state index is -0.0288. The second-order valence-corrected chi connectivity index (χ2v) is 4.33. The summed E-state index contributed by atoms with van der Waals surface area (Å²) >= 11 is 0. The number of likely N-dealkylation sites (N-methyl/N-ethyl adjacent to an activating group) is 1. The molecule has 0 aliphatic carbocycles. The Morgan fingerprint density at radius 1 is 1.33 bits per heavy atom. The molecule has 0 rings (SSSR count). The van der Waals surface area contributed by atoms with E-state index in [1.165, 1.54) is 0 Å². The number of hydrogen-bond acceptors (Lipinski definition) is 2. The van der Waals surface area contributed by atoms with Crippen molar-refractivity contribution in [2.45, 2.75) is 45.8 Å². The van der Waals surface area contributed by atoms with Gasteiger partial charge in [-0.15, -0.1) is 0 Å². The molecule has 0 amide bonds. The van der Waals surface area contributed by atoms with Gasteiger partial charge in [0.15, 0.2) is 0 Å². The first-order valence-electron chi connectivity index (χ1n) is 4.70. The summed E-state index contributed by atoms with van der Waals surface area (Å²) in [6, 6.07) is 0. The summed E-state index contributed by atoms with van der Waals surface area (Å²) in [7, 11) is 4.14. The zero-order chi connectivity index (χ0) is 9.78. The fraction of sp³-hybridized carbons (Fsp3) is 1.00. The lowest BCUT2D eigenvalue weighted by molar-refractivity contribution is -0.0752. The molecular formula is C10H23NO. The highest BCUT2D eigenvalue weighted by molar-refractivity contribution is 4.72. The van der Waals surface area contributed by atoms with Crippen LogP contribution in [0.5, 0.6) is 0 Å². The molecule has 12 heavy (non-hydrogen) atoms. The van der Waals surface area contributed by atoms with Gasteiger partial charge >= 0.3 is 0 Å². The van der Waals surface area contributed by atoms with Gasteiger partial charge < -0.3 is 9.64 Å². The highest BCUT2D eigenvalue weighted by Crippen LogP contribution is 2.14. The van der Waals surface area contributed by atoms with Crippen molar-refractivity contribution in [1.29, 1.82) is 0 Å². The third-order valence-electron chi connectivity index (χ3n) is 1.79. The van der Waals surface area contributed by atoms with Crippen LogP contribution in [0.25, 0.3) is 0 Å². The summed E-state index contributed by atoms with van der Waals surface area (Å²) in [5, 5.41) is 0. The first-order chi connectivity index (χ1) is 5.37. The Bertz CT molecular complexity index is 121. The maximum absolute atomic E-state index is 5.86. The molecular weight excluding hydrogens is 150 g/mol. The van der Waals surface area contributed by atoms with E-state index in [0.717, 1.165) is 13.0 Å². The van der Waals surface area contributed by atoms with E-state index in [4.69, 9.17) is 4.74 Å². The fourth-order valence-electron chi connectivity index (χ4n) is 1.43. The van der Waals surface area contributed by atoms with Crippen molar-refractivity contribution in [1.82, 2.24) is 4.90 Å². The summed E-state index contributed by atoms with van der Waals surface area (Å²) in [6.07, 6.45) is 1.44. The van der Waals surface area contributed by atoms with Crippen molar-refractivity contribution in [2.24, 2.45) is 0 Å². The molecule has 0 radical (unpaired) electrons. The summed E-state index contributed by atoms with van der Waals surface area (Å²) in [5.41, 5.74) is -0.0288. The molecule has 74 valence electrons. The van der Waals surface area contributed by atoms with Gasteiger partial charge in [-0.2, -0.15) is 0 Å². The Hall–Kier alpha value is -0.0800. The van der Waals surface area contributed by atoms with E-state index in [1.807, 2.05) is 0 Å². The van der Waals surface area contributed by atoms with Crippen LogP contribution in [0.2, 0.25) is 0 Å². The van der Waals surface area contributed by atoms with Crippen LogP contribution in [0.1, 0.15) is 34.1 Å². The SMILES string of the molecule is CCC(C)OC(C)(C)CN(C)C. The minimum Gasteiger partial charge on any atom is -0.371 e. The maximum atomic E-state index is 5.86. The van der Waals surface area contributed by atoms with Gasteiger partial charge in [-0.3, -0.25) is 0 Å². The van der Waals surface area contributed by atoms with E-state index in [1.54, 1.807) is 0 Å². The van der Waals surface area contributed by atoms with Crippen LogP contribution in [0.15, 0.2) is 0 Å². The van der Waals surface area contributed by atoms with Gasteiger partial charge in [0.2, 0.25) is 0 Å². The number of nitrogens with zero attached hydrogens (tertiary/aromatic N) is 1. The Morgan fingerprint density at radius 3 is 2.17 bits per heavy atom. The lowest BCUT2D eigenvalue weighted by Gasteiger charge is -2.31. The molecule has 0 aromatic heterocycles. The van der Waals surface area contributed by atoms with E-state index < -0.39 is 0 Å². The Labute approximate surface area is 76.9 Å². The average molecular weight is 173 g/mol. The van der Waals surface area contributed by atoms with E-state index in [0.29, 0.717) is 6.10 Å². The maximum Gasteiger partial charge on any atom is 0.0756 e. The van der Waals surface area contributed by atoms with Crippen LogP contribution in [-0.4, -0.2) is 37.2 Å². The molecule has 0 aromatic rings. The Kier molecular flexibility index (Phi) is 4.80. The van der Waals surface area contributed by atoms with Crippen molar-refractivity contribution in [2.75, 3.05) is 20.6 Å². The molecule has 0 bridgehead atoms. The molecule has 0 heterocycles. The number of hydrogen-bond donors (Lipinski definition) is 0. The largest absolute Gasteiger partial charge is 0.371 e. The van der Waals surface area contributed by atoms with Crippen molar-refractivity contribution in [3.8, 4) is 0 Å². The second kappa shape index (κ2) is 4.83. The monoisotopic (exact) mass is 173 g/mol. The smallest absolute Gasteiger partial charge is 0.0756 e. The first-order valence-corrected chi connectivity index (χ1v) is 4.70. The molecule has 0 saturated heterocycles. The van der Waals surface area contributed by atoms with Crippen LogP contribution in [0.4, 0.5) is 0 Å². The van der Waals surface area contributed by atoms with Crippen LogP contribution in [0.3, 0.4) is 0 Å². The van der Waals surface area contributed by atoms with E-state index in [9.17, 15) is 0 Å². The van der Waals surface area contributed by atoms with Crippen molar-refractivity contribution < 1.29 is 4.74 Å². The third-order valence-corrected chi connectivity index (χ3v) is 1.79. The number of ether oxygens (including phenoxy) is 1. The normalized spacial score (nSPS) is 15.2. The first kappa shape index (κ1) is 11.9. The van der Waals surface area contributed by atoms with Crippen LogP contribution in [0, 0.1) is 0 Å². The summed E-state index contributed by atoms with van der Waals surface area (Å²) in [4.78, 5) is 2.16. The van der Waals surface area contributed by atoms with E-state index in [2.05, 4.69) is 46.7 Å². The van der Waals surface area contributed by atoms with E-state index >= 15 is 0 Å². The van der Waals surface area contributed by atoms with Gasteiger partial charge in [-0.25, -0.2) is 0 Å². The molecule has 2 heteroatoms. The highest BCUT2D eigenvalue weighted by atomic mass is 16.5. The zero-order valence-corrected chi connectivity index (χ0v) is 9.35. The standard InChI is InChI=1S/C10H23NO/c1-7-9(2)12-10(3,4)8-11(5)6/h9H,7-8H2,1-6H3. The van der Waals surface area contributed by atoms with Gasteiger partial charge in [0.25, 0.3) is 0 Å². The highest BCUT2D eigenvalue weighted by Gasteiger charge is 2.21. The lowest BCUT2D eigenvalue weighted by atomic mass is 10.1. The molecule has 1 unspecified atom stereocenters. The Morgan fingerprint density at radius 2 is 1.83 bits per heavy atom. The molecule has 0 aromatic carbocycles. The van der Waals surface area contributed by atoms with Crippen LogP contribution >= 0.6 is 0 Å². The summed E-state index contributed by atoms with van der Waals surface area (Å²) < 4.78 is 5.86. The predicted octanol–water partition coefficient (Wildman–Crippen LogP) is 2.14. The van der Waals surface area contributed by atoms with Gasteiger partial charge in [0, 0.05) is 6.54 Å². The average Bonchev–Trinajstić information content (AvgIpc) is 1.83. The minimum absolute atomic E-state index is 0.0288. The topological polar surface area (TPSA) is 12.5 Å². The predicted molar refractivity (Wildman–Crippen MR) is 53.5 cm³/mol. The molecule has 1 atom stereocenters. The Balaban J connectivity index is 3.85. The molecule has 0 aliphatic rings. The third kappa shape index (κ3) is 5.56. The van der Waals surface area contributed by atoms with Crippen LogP contribution < -0.4 is 0 Å². The van der Waals surface area contributed by atoms with E-state index in [-0.39, 0.29) is 5.60 Å². The van der Waals surface area contributed by atoms with Gasteiger partial charge in [-0.1, -0.05) is 6.92 Å². The zero-order valence-electron chi connectivity index (χ0n) is 9.35.